The van der Waals surface area contributed by atoms with Gasteiger partial charge in [0.25, 0.3) is 0 Å². The summed E-state index contributed by atoms with van der Waals surface area (Å²) < 4.78 is 26.4. The van der Waals surface area contributed by atoms with Gasteiger partial charge in [0.2, 0.25) is 10.0 Å². The molecular formula is C12H17ClN2O2S. The van der Waals surface area contributed by atoms with Crippen molar-refractivity contribution >= 4 is 21.6 Å². The molecule has 2 rings (SSSR count). The summed E-state index contributed by atoms with van der Waals surface area (Å²) in [4.78, 5) is 0.278. The van der Waals surface area contributed by atoms with Crippen molar-refractivity contribution in [2.24, 2.45) is 0 Å². The van der Waals surface area contributed by atoms with E-state index >= 15 is 0 Å². The molecule has 1 saturated heterocycles. The number of hydrogen-bond donors (Lipinski definition) is 1. The number of aryl methyl sites for hydroxylation is 1. The molecule has 0 radical (unpaired) electrons. The summed E-state index contributed by atoms with van der Waals surface area (Å²) in [6, 6.07) is 4.89. The number of hydrogen-bond acceptors (Lipinski definition) is 3. The Morgan fingerprint density at radius 2 is 2.06 bits per heavy atom. The van der Waals surface area contributed by atoms with Crippen LogP contribution in [0, 0.1) is 6.92 Å². The van der Waals surface area contributed by atoms with E-state index in [4.69, 9.17) is 11.6 Å². The number of rotatable bonds is 2. The Hall–Kier alpha value is -0.620. The van der Waals surface area contributed by atoms with Gasteiger partial charge < -0.3 is 5.32 Å². The summed E-state index contributed by atoms with van der Waals surface area (Å²) in [5, 5.41) is 3.68. The van der Waals surface area contributed by atoms with Crippen LogP contribution in [0.5, 0.6) is 0 Å². The predicted octanol–water partition coefficient (Wildman–Crippen LogP) is 1.63. The third-order valence-electron chi connectivity index (χ3n) is 3.08. The molecule has 1 fully saturated rings. The quantitative estimate of drug-likeness (QED) is 0.900. The maximum Gasteiger partial charge on any atom is 0.243 e. The highest BCUT2D eigenvalue weighted by molar-refractivity contribution is 7.89. The molecule has 1 aromatic rings. The van der Waals surface area contributed by atoms with Gasteiger partial charge in [0, 0.05) is 24.7 Å². The predicted molar refractivity (Wildman–Crippen MR) is 72.4 cm³/mol. The first-order valence-corrected chi connectivity index (χ1v) is 7.80. The van der Waals surface area contributed by atoms with Gasteiger partial charge in [-0.1, -0.05) is 17.7 Å². The smallest absolute Gasteiger partial charge is 0.243 e. The topological polar surface area (TPSA) is 49.4 Å². The molecule has 1 N–H and O–H groups in total. The van der Waals surface area contributed by atoms with E-state index in [1.54, 1.807) is 12.1 Å². The molecule has 18 heavy (non-hydrogen) atoms. The fraction of sp³-hybridized carbons (Fsp3) is 0.500. The zero-order chi connectivity index (χ0) is 13.2. The van der Waals surface area contributed by atoms with Gasteiger partial charge in [-0.3, -0.25) is 0 Å². The Kier molecular flexibility index (Phi) is 4.27. The van der Waals surface area contributed by atoms with Crippen molar-refractivity contribution in [1.29, 1.82) is 0 Å². The molecule has 1 aliphatic heterocycles. The summed E-state index contributed by atoms with van der Waals surface area (Å²) in [7, 11) is -3.42. The van der Waals surface area contributed by atoms with E-state index < -0.39 is 10.0 Å². The lowest BCUT2D eigenvalue weighted by atomic mass is 10.2. The Bertz CT molecular complexity index is 523. The second-order valence-corrected chi connectivity index (χ2v) is 6.76. The van der Waals surface area contributed by atoms with Gasteiger partial charge in [-0.25, -0.2) is 8.42 Å². The molecule has 6 heteroatoms. The summed E-state index contributed by atoms with van der Waals surface area (Å²) in [5.74, 6) is 0. The third-order valence-corrected chi connectivity index (χ3v) is 5.38. The minimum Gasteiger partial charge on any atom is -0.315 e. The molecule has 0 amide bonds. The van der Waals surface area contributed by atoms with Crippen LogP contribution in [-0.4, -0.2) is 38.9 Å². The van der Waals surface area contributed by atoms with Gasteiger partial charge in [0.05, 0.1) is 4.90 Å². The number of halogens is 1. The van der Waals surface area contributed by atoms with Crippen molar-refractivity contribution < 1.29 is 8.42 Å². The van der Waals surface area contributed by atoms with Crippen LogP contribution in [0.4, 0.5) is 0 Å². The van der Waals surface area contributed by atoms with E-state index in [9.17, 15) is 8.42 Å². The molecule has 0 atom stereocenters. The molecule has 0 aromatic heterocycles. The molecule has 100 valence electrons. The summed E-state index contributed by atoms with van der Waals surface area (Å²) in [6.45, 7) is 4.47. The number of benzene rings is 1. The van der Waals surface area contributed by atoms with Crippen molar-refractivity contribution in [3.63, 3.8) is 0 Å². The zero-order valence-corrected chi connectivity index (χ0v) is 11.9. The van der Waals surface area contributed by atoms with Crippen LogP contribution in [0.15, 0.2) is 23.1 Å². The molecule has 0 spiro atoms. The number of nitrogens with zero attached hydrogens (tertiary/aromatic N) is 1. The second kappa shape index (κ2) is 5.57. The third kappa shape index (κ3) is 2.85. The highest BCUT2D eigenvalue weighted by Crippen LogP contribution is 2.23. The van der Waals surface area contributed by atoms with Crippen LogP contribution >= 0.6 is 11.6 Å². The molecule has 1 heterocycles. The Labute approximate surface area is 113 Å². The molecule has 1 aliphatic rings. The van der Waals surface area contributed by atoms with E-state index in [0.717, 1.165) is 18.5 Å². The molecule has 0 bridgehead atoms. The molecule has 0 unspecified atom stereocenters. The van der Waals surface area contributed by atoms with Gasteiger partial charge >= 0.3 is 0 Å². The first-order valence-electron chi connectivity index (χ1n) is 5.99. The Morgan fingerprint density at radius 3 is 2.78 bits per heavy atom. The van der Waals surface area contributed by atoms with Crippen LogP contribution < -0.4 is 5.32 Å². The Morgan fingerprint density at radius 1 is 1.28 bits per heavy atom. The van der Waals surface area contributed by atoms with Crippen LogP contribution in [0.25, 0.3) is 0 Å². The molecular weight excluding hydrogens is 272 g/mol. The van der Waals surface area contributed by atoms with Gasteiger partial charge in [0.15, 0.2) is 0 Å². The van der Waals surface area contributed by atoms with E-state index in [-0.39, 0.29) is 4.90 Å². The lowest BCUT2D eigenvalue weighted by molar-refractivity contribution is 0.432. The van der Waals surface area contributed by atoms with E-state index in [1.807, 2.05) is 6.92 Å². The largest absolute Gasteiger partial charge is 0.315 e. The van der Waals surface area contributed by atoms with Crippen molar-refractivity contribution in [1.82, 2.24) is 9.62 Å². The lowest BCUT2D eigenvalue weighted by Crippen LogP contribution is -2.34. The minimum absolute atomic E-state index is 0.278. The lowest BCUT2D eigenvalue weighted by Gasteiger charge is -2.19. The molecule has 1 aromatic carbocycles. The van der Waals surface area contributed by atoms with Crippen LogP contribution in [0.1, 0.15) is 12.0 Å². The van der Waals surface area contributed by atoms with Gasteiger partial charge in [-0.05, 0) is 37.6 Å². The zero-order valence-electron chi connectivity index (χ0n) is 10.3. The van der Waals surface area contributed by atoms with E-state index in [2.05, 4.69) is 5.32 Å². The minimum atomic E-state index is -3.42. The monoisotopic (exact) mass is 288 g/mol. The van der Waals surface area contributed by atoms with Gasteiger partial charge in [-0.2, -0.15) is 4.31 Å². The van der Waals surface area contributed by atoms with Crippen molar-refractivity contribution in [3.8, 4) is 0 Å². The molecule has 0 saturated carbocycles. The summed E-state index contributed by atoms with van der Waals surface area (Å²) in [6.07, 6.45) is 0.832. The Balaban J connectivity index is 2.31. The fourth-order valence-corrected chi connectivity index (χ4v) is 3.70. The molecule has 4 nitrogen and oxygen atoms in total. The fourth-order valence-electron chi connectivity index (χ4n) is 1.94. The maximum atomic E-state index is 12.4. The number of sulfonamides is 1. The standard InChI is InChI=1S/C12H17ClN2O2S/c1-10-3-4-11(9-12(10)13)18(16,17)15-7-2-5-14-6-8-15/h3-4,9,14H,2,5-8H2,1H3. The SMILES string of the molecule is Cc1ccc(S(=O)(=O)N2CCCNCC2)cc1Cl. The van der Waals surface area contributed by atoms with E-state index in [0.29, 0.717) is 24.7 Å². The van der Waals surface area contributed by atoms with Gasteiger partial charge in [-0.15, -0.1) is 0 Å². The average molecular weight is 289 g/mol. The van der Waals surface area contributed by atoms with Crippen molar-refractivity contribution in [2.75, 3.05) is 26.2 Å². The van der Waals surface area contributed by atoms with Crippen LogP contribution in [-0.2, 0) is 10.0 Å². The van der Waals surface area contributed by atoms with Gasteiger partial charge in [0.1, 0.15) is 0 Å². The molecule has 0 aliphatic carbocycles. The van der Waals surface area contributed by atoms with Crippen LogP contribution in [0.2, 0.25) is 5.02 Å². The first kappa shape index (κ1) is 13.8. The summed E-state index contributed by atoms with van der Waals surface area (Å²) in [5.41, 5.74) is 0.883. The summed E-state index contributed by atoms with van der Waals surface area (Å²) >= 11 is 6.00. The van der Waals surface area contributed by atoms with Crippen molar-refractivity contribution in [2.45, 2.75) is 18.2 Å². The highest BCUT2D eigenvalue weighted by Gasteiger charge is 2.25. The average Bonchev–Trinajstić information content (AvgIpc) is 2.61. The first-order chi connectivity index (χ1) is 8.51. The van der Waals surface area contributed by atoms with Crippen molar-refractivity contribution in [3.05, 3.63) is 28.8 Å². The second-order valence-electron chi connectivity index (χ2n) is 4.42. The number of nitrogens with one attached hydrogen (secondary N) is 1. The highest BCUT2D eigenvalue weighted by atomic mass is 35.5. The normalized spacial score (nSPS) is 18.6. The van der Waals surface area contributed by atoms with E-state index in [1.165, 1.54) is 10.4 Å². The maximum absolute atomic E-state index is 12.4. The van der Waals surface area contributed by atoms with Crippen LogP contribution in [0.3, 0.4) is 0 Å².